The van der Waals surface area contributed by atoms with E-state index in [4.69, 9.17) is 11.6 Å². The zero-order valence-electron chi connectivity index (χ0n) is 16.2. The highest BCUT2D eigenvalue weighted by molar-refractivity contribution is 7.91. The van der Waals surface area contributed by atoms with Gasteiger partial charge in [0.2, 0.25) is 0 Å². The topological polar surface area (TPSA) is 57.7 Å². The highest BCUT2D eigenvalue weighted by atomic mass is 35.5. The number of carbonyl (C=O) groups is 1. The number of hydrogen-bond donors (Lipinski definition) is 0. The van der Waals surface area contributed by atoms with Gasteiger partial charge in [0, 0.05) is 15.1 Å². The number of fused-ring (bicyclic) bond motifs is 3. The van der Waals surface area contributed by atoms with Crippen LogP contribution in [0.15, 0.2) is 78.9 Å². The first-order valence-electron chi connectivity index (χ1n) is 9.60. The van der Waals surface area contributed by atoms with Crippen molar-refractivity contribution in [3.8, 4) is 0 Å². The van der Waals surface area contributed by atoms with Gasteiger partial charge >= 0.3 is 10.2 Å². The maximum atomic E-state index is 13.7. The van der Waals surface area contributed by atoms with E-state index in [2.05, 4.69) is 0 Å². The second kappa shape index (κ2) is 7.67. The second-order valence-corrected chi connectivity index (χ2v) is 10.5. The third-order valence-electron chi connectivity index (χ3n) is 5.20. The fraction of sp³-hybridized carbons (Fsp3) is 0.0870. The summed E-state index contributed by atoms with van der Waals surface area (Å²) in [4.78, 5) is 13.8. The molecule has 0 unspecified atom stereocenters. The number of benzene rings is 3. The Morgan fingerprint density at radius 1 is 0.774 bits per heavy atom. The number of carbonyl (C=O) groups excluding carboxylic acids is 1. The minimum atomic E-state index is -4.10. The lowest BCUT2D eigenvalue weighted by molar-refractivity contribution is 0.0855. The number of anilines is 1. The molecule has 0 saturated carbocycles. The molecule has 4 aromatic rings. The van der Waals surface area contributed by atoms with Crippen LogP contribution in [0, 0.1) is 0 Å². The first-order chi connectivity index (χ1) is 14.9. The lowest BCUT2D eigenvalue weighted by Crippen LogP contribution is -2.50. The molecule has 5 rings (SSSR count). The Morgan fingerprint density at radius 3 is 2.13 bits per heavy atom. The van der Waals surface area contributed by atoms with Gasteiger partial charge in [0.1, 0.15) is 4.88 Å². The van der Waals surface area contributed by atoms with Gasteiger partial charge in [0.15, 0.2) is 0 Å². The number of nitrogens with zero attached hydrogens (tertiary/aromatic N) is 2. The van der Waals surface area contributed by atoms with Crippen molar-refractivity contribution in [1.29, 1.82) is 0 Å². The highest BCUT2D eigenvalue weighted by Crippen LogP contribution is 2.45. The van der Waals surface area contributed by atoms with Crippen LogP contribution in [0.4, 0.5) is 5.69 Å². The summed E-state index contributed by atoms with van der Waals surface area (Å²) in [6, 6.07) is 23.7. The fourth-order valence-corrected chi connectivity index (χ4v) is 6.68. The van der Waals surface area contributed by atoms with Crippen LogP contribution < -0.4 is 4.31 Å². The molecule has 0 spiro atoms. The maximum absolute atomic E-state index is 13.7. The fourth-order valence-electron chi connectivity index (χ4n) is 3.70. The summed E-state index contributed by atoms with van der Waals surface area (Å²) in [5, 5.41) is 1.33. The molecule has 31 heavy (non-hydrogen) atoms. The molecule has 3 aromatic carbocycles. The zero-order valence-corrected chi connectivity index (χ0v) is 18.6. The minimum Gasteiger partial charge on any atom is -0.267 e. The predicted molar refractivity (Wildman–Crippen MR) is 125 cm³/mol. The Hall–Kier alpha value is -2.87. The van der Waals surface area contributed by atoms with Crippen LogP contribution in [0.25, 0.3) is 10.1 Å². The molecular formula is C23H17ClN2O3S2. The van der Waals surface area contributed by atoms with Crippen LogP contribution in [-0.2, 0) is 23.3 Å². The van der Waals surface area contributed by atoms with Crippen LogP contribution in [0.2, 0.25) is 5.02 Å². The molecule has 156 valence electrons. The Kier molecular flexibility index (Phi) is 4.97. The Bertz CT molecular complexity index is 1380. The van der Waals surface area contributed by atoms with Gasteiger partial charge in [-0.05, 0) is 29.3 Å². The van der Waals surface area contributed by atoms with Gasteiger partial charge in [0.25, 0.3) is 5.91 Å². The van der Waals surface area contributed by atoms with Gasteiger partial charge in [-0.15, -0.1) is 11.3 Å². The molecule has 0 saturated heterocycles. The van der Waals surface area contributed by atoms with Crippen LogP contribution >= 0.6 is 22.9 Å². The molecule has 0 radical (unpaired) electrons. The van der Waals surface area contributed by atoms with Crippen molar-refractivity contribution in [2.24, 2.45) is 0 Å². The average Bonchev–Trinajstić information content (AvgIpc) is 3.16. The molecule has 1 aromatic heterocycles. The summed E-state index contributed by atoms with van der Waals surface area (Å²) in [7, 11) is -4.10. The Balaban J connectivity index is 1.67. The third kappa shape index (κ3) is 3.48. The molecule has 2 heterocycles. The maximum Gasteiger partial charge on any atom is 0.329 e. The smallest absolute Gasteiger partial charge is 0.267 e. The minimum absolute atomic E-state index is 0.0210. The second-order valence-electron chi connectivity index (χ2n) is 7.21. The summed E-state index contributed by atoms with van der Waals surface area (Å²) in [5.74, 6) is -0.493. The number of rotatable bonds is 4. The van der Waals surface area contributed by atoms with Crippen molar-refractivity contribution in [3.05, 3.63) is 99.9 Å². The predicted octanol–water partition coefficient (Wildman–Crippen LogP) is 5.46. The van der Waals surface area contributed by atoms with Crippen molar-refractivity contribution in [1.82, 2.24) is 4.31 Å². The largest absolute Gasteiger partial charge is 0.329 e. The van der Waals surface area contributed by atoms with E-state index < -0.39 is 16.1 Å². The van der Waals surface area contributed by atoms with Gasteiger partial charge in [-0.2, -0.15) is 8.42 Å². The van der Waals surface area contributed by atoms with Crippen LogP contribution in [0.1, 0.15) is 20.8 Å². The van der Waals surface area contributed by atoms with Gasteiger partial charge < -0.3 is 0 Å². The first kappa shape index (κ1) is 20.1. The Labute approximate surface area is 189 Å². The van der Waals surface area contributed by atoms with Crippen LogP contribution in [0.3, 0.4) is 0 Å². The molecule has 1 amide bonds. The van der Waals surface area contributed by atoms with Gasteiger partial charge in [-0.1, -0.05) is 72.3 Å². The quantitative estimate of drug-likeness (QED) is 0.399. The molecule has 5 nitrogen and oxygen atoms in total. The van der Waals surface area contributed by atoms with Crippen molar-refractivity contribution < 1.29 is 13.2 Å². The Morgan fingerprint density at radius 2 is 1.39 bits per heavy atom. The molecule has 0 atom stereocenters. The summed E-state index contributed by atoms with van der Waals surface area (Å²) in [6.45, 7) is 0.0820. The van der Waals surface area contributed by atoms with E-state index in [9.17, 15) is 13.2 Å². The SMILES string of the molecule is O=C1c2sc3ccccc3c2N(Cc2ccc(Cl)cc2)S(=O)(=O)N1Cc1ccccc1. The molecule has 0 fully saturated rings. The number of amides is 1. The van der Waals surface area contributed by atoms with E-state index >= 15 is 0 Å². The van der Waals surface area contributed by atoms with E-state index in [0.29, 0.717) is 15.6 Å². The van der Waals surface area contributed by atoms with E-state index in [1.54, 1.807) is 24.3 Å². The van der Waals surface area contributed by atoms with Crippen molar-refractivity contribution in [2.75, 3.05) is 4.31 Å². The normalized spacial score (nSPS) is 15.3. The highest BCUT2D eigenvalue weighted by Gasteiger charge is 2.44. The number of hydrogen-bond acceptors (Lipinski definition) is 4. The van der Waals surface area contributed by atoms with Crippen molar-refractivity contribution in [2.45, 2.75) is 13.1 Å². The van der Waals surface area contributed by atoms with E-state index in [1.165, 1.54) is 15.6 Å². The van der Waals surface area contributed by atoms with E-state index in [0.717, 1.165) is 25.5 Å². The molecule has 1 aliphatic rings. The zero-order chi connectivity index (χ0) is 21.6. The molecule has 1 aliphatic heterocycles. The average molecular weight is 469 g/mol. The lowest BCUT2D eigenvalue weighted by atomic mass is 10.1. The molecule has 8 heteroatoms. The van der Waals surface area contributed by atoms with Crippen LogP contribution in [0.5, 0.6) is 0 Å². The molecule has 0 bridgehead atoms. The summed E-state index contributed by atoms with van der Waals surface area (Å²) in [6.07, 6.45) is 0. The number of halogens is 1. The lowest BCUT2D eigenvalue weighted by Gasteiger charge is -2.35. The van der Waals surface area contributed by atoms with Crippen molar-refractivity contribution in [3.63, 3.8) is 0 Å². The van der Waals surface area contributed by atoms with Gasteiger partial charge in [-0.25, -0.2) is 8.61 Å². The van der Waals surface area contributed by atoms with E-state index in [-0.39, 0.29) is 13.1 Å². The van der Waals surface area contributed by atoms with Crippen LogP contribution in [-0.4, -0.2) is 18.6 Å². The number of thiophene rings is 1. The molecule has 0 aliphatic carbocycles. The molecular weight excluding hydrogens is 452 g/mol. The third-order valence-corrected chi connectivity index (χ3v) is 8.33. The first-order valence-corrected chi connectivity index (χ1v) is 12.2. The van der Waals surface area contributed by atoms with E-state index in [1.807, 2.05) is 54.6 Å². The van der Waals surface area contributed by atoms with Crippen molar-refractivity contribution >= 4 is 54.8 Å². The monoisotopic (exact) mass is 468 g/mol. The van der Waals surface area contributed by atoms with Gasteiger partial charge in [-0.3, -0.25) is 4.79 Å². The summed E-state index contributed by atoms with van der Waals surface area (Å²) in [5.41, 5.74) is 1.98. The standard InChI is InChI=1S/C23H17ClN2O3S2/c24-18-12-10-17(11-13-18)14-25-21-19-8-4-5-9-20(19)30-22(21)23(27)26(31(25,28)29)15-16-6-2-1-3-7-16/h1-13H,14-15H2. The van der Waals surface area contributed by atoms with Gasteiger partial charge in [0.05, 0.1) is 18.8 Å². The molecule has 0 N–H and O–H groups in total. The summed E-state index contributed by atoms with van der Waals surface area (Å²) < 4.78 is 30.6. The summed E-state index contributed by atoms with van der Waals surface area (Å²) >= 11 is 7.32.